The van der Waals surface area contributed by atoms with Gasteiger partial charge in [-0.1, -0.05) is 12.1 Å². The molecule has 0 unspecified atom stereocenters. The molecule has 0 radical (unpaired) electrons. The summed E-state index contributed by atoms with van der Waals surface area (Å²) in [6.07, 6.45) is 3.39. The number of hydrogen-bond donors (Lipinski definition) is 0. The molecule has 1 aromatic carbocycles. The minimum Gasteiger partial charge on any atom is -0.231 e. The van der Waals surface area contributed by atoms with Crippen LogP contribution in [0.1, 0.15) is 11.1 Å². The van der Waals surface area contributed by atoms with Crippen molar-refractivity contribution in [3.05, 3.63) is 47.8 Å². The Morgan fingerprint density at radius 2 is 1.94 bits per heavy atom. The summed E-state index contributed by atoms with van der Waals surface area (Å²) >= 11 is 1.42. The van der Waals surface area contributed by atoms with Crippen LogP contribution in [-0.4, -0.2) is 9.97 Å². The first-order valence-electron chi connectivity index (χ1n) is 4.76. The smallest absolute Gasteiger partial charge is 0.192 e. The summed E-state index contributed by atoms with van der Waals surface area (Å²) in [5.41, 5.74) is 1.73. The van der Waals surface area contributed by atoms with Gasteiger partial charge in [-0.3, -0.25) is 0 Å². The molecular weight excluding hydrogens is 218 g/mol. The van der Waals surface area contributed by atoms with Crippen molar-refractivity contribution >= 4 is 11.8 Å². The molecule has 2 aromatic rings. The van der Waals surface area contributed by atoms with E-state index >= 15 is 0 Å². The molecule has 0 atom stereocenters. The summed E-state index contributed by atoms with van der Waals surface area (Å²) in [5, 5.41) is 9.68. The third-order valence-electron chi connectivity index (χ3n) is 2.07. The average molecular weight is 227 g/mol. The highest BCUT2D eigenvalue weighted by Crippen LogP contribution is 2.30. The minimum atomic E-state index is 0.660. The molecule has 0 N–H and O–H groups in total. The third-order valence-corrected chi connectivity index (χ3v) is 3.21. The molecule has 0 spiro atoms. The molecule has 1 heterocycles. The van der Waals surface area contributed by atoms with Crippen molar-refractivity contribution in [2.75, 3.05) is 0 Å². The zero-order chi connectivity index (χ0) is 11.4. The third kappa shape index (κ3) is 2.20. The second-order valence-corrected chi connectivity index (χ2v) is 4.17. The Morgan fingerprint density at radius 3 is 2.62 bits per heavy atom. The van der Waals surface area contributed by atoms with Crippen molar-refractivity contribution < 1.29 is 0 Å². The van der Waals surface area contributed by atoms with Crippen LogP contribution < -0.4 is 0 Å². The lowest BCUT2D eigenvalue weighted by atomic mass is 10.1. The molecule has 0 fully saturated rings. The lowest BCUT2D eigenvalue weighted by Crippen LogP contribution is -1.89. The Bertz CT molecular complexity index is 532. The predicted octanol–water partition coefficient (Wildman–Crippen LogP) is 2.81. The molecule has 0 aliphatic heterocycles. The molecule has 78 valence electrons. The largest absolute Gasteiger partial charge is 0.231 e. The fourth-order valence-corrected chi connectivity index (χ4v) is 2.17. The topological polar surface area (TPSA) is 49.6 Å². The molecule has 0 saturated heterocycles. The lowest BCUT2D eigenvalue weighted by Gasteiger charge is -2.05. The maximum Gasteiger partial charge on any atom is 0.192 e. The Labute approximate surface area is 98.2 Å². The van der Waals surface area contributed by atoms with Gasteiger partial charge < -0.3 is 0 Å². The monoisotopic (exact) mass is 227 g/mol. The van der Waals surface area contributed by atoms with Crippen molar-refractivity contribution in [1.29, 1.82) is 5.26 Å². The van der Waals surface area contributed by atoms with Gasteiger partial charge >= 0.3 is 0 Å². The van der Waals surface area contributed by atoms with Gasteiger partial charge in [0.15, 0.2) is 5.16 Å². The summed E-state index contributed by atoms with van der Waals surface area (Å²) in [7, 11) is 0. The number of aryl methyl sites for hydroxylation is 1. The second kappa shape index (κ2) is 4.77. The maximum absolute atomic E-state index is 9.02. The lowest BCUT2D eigenvalue weighted by molar-refractivity contribution is 0.965. The molecule has 4 heteroatoms. The van der Waals surface area contributed by atoms with Crippen LogP contribution in [0, 0.1) is 18.3 Å². The summed E-state index contributed by atoms with van der Waals surface area (Å²) in [6, 6.07) is 9.61. The SMILES string of the molecule is Cc1cccc(C#N)c1Sc1ncccn1. The standard InChI is InChI=1S/C12H9N3S/c1-9-4-2-5-10(8-13)11(9)16-12-14-6-3-7-15-12/h2-7H,1H3. The molecule has 0 amide bonds. The quantitative estimate of drug-likeness (QED) is 0.740. The highest BCUT2D eigenvalue weighted by molar-refractivity contribution is 7.99. The zero-order valence-electron chi connectivity index (χ0n) is 8.71. The summed E-state index contributed by atoms with van der Waals surface area (Å²) in [4.78, 5) is 9.19. The van der Waals surface area contributed by atoms with Crippen molar-refractivity contribution in [2.45, 2.75) is 17.0 Å². The summed E-state index contributed by atoms with van der Waals surface area (Å²) in [5.74, 6) is 0. The average Bonchev–Trinajstić information content (AvgIpc) is 2.33. The molecule has 16 heavy (non-hydrogen) atoms. The highest BCUT2D eigenvalue weighted by atomic mass is 32.2. The van der Waals surface area contributed by atoms with E-state index in [2.05, 4.69) is 16.0 Å². The van der Waals surface area contributed by atoms with Gasteiger partial charge in [0.05, 0.1) is 5.56 Å². The van der Waals surface area contributed by atoms with Gasteiger partial charge in [0.2, 0.25) is 0 Å². The van der Waals surface area contributed by atoms with E-state index in [9.17, 15) is 0 Å². The van der Waals surface area contributed by atoms with Crippen molar-refractivity contribution in [3.63, 3.8) is 0 Å². The van der Waals surface area contributed by atoms with Crippen molar-refractivity contribution in [1.82, 2.24) is 9.97 Å². The Balaban J connectivity index is 2.39. The first-order valence-corrected chi connectivity index (χ1v) is 5.57. The molecule has 0 aliphatic rings. The van der Waals surface area contributed by atoms with Crippen molar-refractivity contribution in [2.24, 2.45) is 0 Å². The van der Waals surface area contributed by atoms with Crippen LogP contribution in [0.2, 0.25) is 0 Å². The van der Waals surface area contributed by atoms with E-state index < -0.39 is 0 Å². The van der Waals surface area contributed by atoms with Gasteiger partial charge in [-0.05, 0) is 36.4 Å². The normalized spacial score (nSPS) is 9.75. The first-order chi connectivity index (χ1) is 7.81. The van der Waals surface area contributed by atoms with Gasteiger partial charge in [0.1, 0.15) is 6.07 Å². The van der Waals surface area contributed by atoms with Gasteiger partial charge in [-0.15, -0.1) is 0 Å². The van der Waals surface area contributed by atoms with E-state index in [1.54, 1.807) is 24.5 Å². The summed E-state index contributed by atoms with van der Waals surface area (Å²) < 4.78 is 0. The Kier molecular flexibility index (Phi) is 3.18. The number of aromatic nitrogens is 2. The molecule has 2 rings (SSSR count). The van der Waals surface area contributed by atoms with Gasteiger partial charge in [0.25, 0.3) is 0 Å². The van der Waals surface area contributed by atoms with Crippen LogP contribution in [-0.2, 0) is 0 Å². The van der Waals surface area contributed by atoms with Crippen LogP contribution >= 0.6 is 11.8 Å². The fraction of sp³-hybridized carbons (Fsp3) is 0.0833. The molecule has 3 nitrogen and oxygen atoms in total. The Hall–Kier alpha value is -1.86. The van der Waals surface area contributed by atoms with E-state index in [0.717, 1.165) is 10.5 Å². The molecule has 0 saturated carbocycles. The number of hydrogen-bond acceptors (Lipinski definition) is 4. The van der Waals surface area contributed by atoms with Crippen LogP contribution in [0.4, 0.5) is 0 Å². The Morgan fingerprint density at radius 1 is 1.19 bits per heavy atom. The zero-order valence-corrected chi connectivity index (χ0v) is 9.53. The first kappa shape index (κ1) is 10.7. The van der Waals surface area contributed by atoms with Crippen LogP contribution in [0.5, 0.6) is 0 Å². The minimum absolute atomic E-state index is 0.660. The summed E-state index contributed by atoms with van der Waals surface area (Å²) in [6.45, 7) is 1.98. The molecule has 0 aliphatic carbocycles. The fourth-order valence-electron chi connectivity index (χ4n) is 1.31. The molecule has 0 bridgehead atoms. The van der Waals surface area contributed by atoms with E-state index in [1.165, 1.54) is 11.8 Å². The van der Waals surface area contributed by atoms with Crippen LogP contribution in [0.15, 0.2) is 46.7 Å². The second-order valence-electron chi connectivity index (χ2n) is 3.20. The maximum atomic E-state index is 9.02. The van der Waals surface area contributed by atoms with E-state index in [1.807, 2.05) is 19.1 Å². The number of nitrogens with zero attached hydrogens (tertiary/aromatic N) is 3. The molecule has 1 aromatic heterocycles. The number of nitriles is 1. The van der Waals surface area contributed by atoms with E-state index in [-0.39, 0.29) is 0 Å². The van der Waals surface area contributed by atoms with Crippen LogP contribution in [0.25, 0.3) is 0 Å². The number of rotatable bonds is 2. The van der Waals surface area contributed by atoms with E-state index in [4.69, 9.17) is 5.26 Å². The van der Waals surface area contributed by atoms with Gasteiger partial charge in [0, 0.05) is 17.3 Å². The predicted molar refractivity (Wildman–Crippen MR) is 62.0 cm³/mol. The number of benzene rings is 1. The van der Waals surface area contributed by atoms with Crippen molar-refractivity contribution in [3.8, 4) is 6.07 Å². The van der Waals surface area contributed by atoms with Gasteiger partial charge in [-0.2, -0.15) is 5.26 Å². The van der Waals surface area contributed by atoms with E-state index in [0.29, 0.717) is 10.7 Å². The van der Waals surface area contributed by atoms with Gasteiger partial charge in [-0.25, -0.2) is 9.97 Å². The highest BCUT2D eigenvalue weighted by Gasteiger charge is 2.08. The van der Waals surface area contributed by atoms with Crippen LogP contribution in [0.3, 0.4) is 0 Å². The molecular formula is C12H9N3S.